The van der Waals surface area contributed by atoms with E-state index in [-0.39, 0.29) is 5.97 Å². The van der Waals surface area contributed by atoms with Crippen LogP contribution in [0.25, 0.3) is 12.2 Å². The van der Waals surface area contributed by atoms with E-state index in [9.17, 15) is 15.0 Å². The van der Waals surface area contributed by atoms with Crippen molar-refractivity contribution in [3.63, 3.8) is 0 Å². The van der Waals surface area contributed by atoms with Crippen molar-refractivity contribution in [3.05, 3.63) is 90.6 Å². The summed E-state index contributed by atoms with van der Waals surface area (Å²) in [4.78, 5) is 25.9. The normalized spacial score (nSPS) is 19.7. The van der Waals surface area contributed by atoms with Crippen molar-refractivity contribution in [2.24, 2.45) is 9.98 Å². The summed E-state index contributed by atoms with van der Waals surface area (Å²) in [5.74, 6) is -0.230. The lowest BCUT2D eigenvalue weighted by Crippen LogP contribution is -2.07. The van der Waals surface area contributed by atoms with E-state index in [1.807, 2.05) is 26.0 Å². The predicted octanol–water partition coefficient (Wildman–Crippen LogP) is 7.32. The molecule has 1 aromatic rings. The monoisotopic (exact) mass is 581 g/mol. The molecule has 4 aliphatic rings. The first-order valence-electron chi connectivity index (χ1n) is 15.2. The van der Waals surface area contributed by atoms with Crippen molar-refractivity contribution in [1.82, 2.24) is 4.98 Å². The third-order valence-electron chi connectivity index (χ3n) is 9.09. The van der Waals surface area contributed by atoms with Crippen LogP contribution >= 0.6 is 0 Å². The minimum Gasteiger partial charge on any atom is -0.469 e. The van der Waals surface area contributed by atoms with Crippen LogP contribution < -0.4 is 0 Å². The van der Waals surface area contributed by atoms with Gasteiger partial charge < -0.3 is 19.9 Å². The number of nitrogens with one attached hydrogen (secondary N) is 1. The Morgan fingerprint density at radius 2 is 1.58 bits per heavy atom. The fourth-order valence-electron chi connectivity index (χ4n) is 6.74. The molecule has 5 rings (SSSR count). The Labute approximate surface area is 254 Å². The van der Waals surface area contributed by atoms with E-state index in [4.69, 9.17) is 14.7 Å². The minimum absolute atomic E-state index is 0.230. The molecule has 8 bridgehead atoms. The summed E-state index contributed by atoms with van der Waals surface area (Å²) < 4.78 is 4.97. The summed E-state index contributed by atoms with van der Waals surface area (Å²) in [6, 6.07) is 0. The van der Waals surface area contributed by atoms with Crippen LogP contribution in [0.2, 0.25) is 0 Å². The Morgan fingerprint density at radius 1 is 0.860 bits per heavy atom. The highest BCUT2D eigenvalue weighted by molar-refractivity contribution is 6.16. The van der Waals surface area contributed by atoms with E-state index in [0.717, 1.165) is 91.5 Å². The van der Waals surface area contributed by atoms with E-state index < -0.39 is 12.2 Å². The molecule has 0 amide bonds. The van der Waals surface area contributed by atoms with Crippen molar-refractivity contribution in [2.45, 2.75) is 92.8 Å². The number of aliphatic hydroxyl groups is 2. The van der Waals surface area contributed by atoms with E-state index in [0.29, 0.717) is 25.0 Å². The molecule has 7 nitrogen and oxygen atoms in total. The lowest BCUT2D eigenvalue weighted by atomic mass is 9.95. The first-order valence-corrected chi connectivity index (χ1v) is 15.2. The van der Waals surface area contributed by atoms with Gasteiger partial charge in [0.05, 0.1) is 42.1 Å². The molecule has 0 aromatic carbocycles. The number of aromatic amines is 1. The summed E-state index contributed by atoms with van der Waals surface area (Å²) in [5, 5.41) is 21.6. The predicted molar refractivity (Wildman–Crippen MR) is 174 cm³/mol. The fraction of sp³-hybridized carbons (Fsp3) is 0.417. The molecule has 3 N–H and O–H groups in total. The third kappa shape index (κ3) is 5.64. The summed E-state index contributed by atoms with van der Waals surface area (Å²) >= 11 is 0. The van der Waals surface area contributed by atoms with Gasteiger partial charge in [-0.3, -0.25) is 4.79 Å². The minimum atomic E-state index is -0.701. The number of carbonyl (C=O) groups excluding carboxylic acids is 1. The third-order valence-corrected chi connectivity index (χ3v) is 9.09. The summed E-state index contributed by atoms with van der Waals surface area (Å²) in [5.41, 5.74) is 15.4. The summed E-state index contributed by atoms with van der Waals surface area (Å²) in [6.07, 6.45) is 10.4. The van der Waals surface area contributed by atoms with Crippen LogP contribution in [0.3, 0.4) is 0 Å². The Bertz CT molecular complexity index is 1680. The van der Waals surface area contributed by atoms with Crippen molar-refractivity contribution >= 4 is 29.5 Å². The fourth-order valence-corrected chi connectivity index (χ4v) is 6.74. The Morgan fingerprint density at radius 3 is 2.23 bits per heavy atom. The van der Waals surface area contributed by atoms with Gasteiger partial charge in [0.2, 0.25) is 0 Å². The second-order valence-electron chi connectivity index (χ2n) is 12.0. The van der Waals surface area contributed by atoms with Gasteiger partial charge in [-0.25, -0.2) is 9.98 Å². The lowest BCUT2D eigenvalue weighted by molar-refractivity contribution is -0.140. The number of hydrogen-bond donors (Lipinski definition) is 3. The molecule has 43 heavy (non-hydrogen) atoms. The molecule has 226 valence electrons. The maximum Gasteiger partial charge on any atom is 0.305 e. The molecule has 0 saturated heterocycles. The van der Waals surface area contributed by atoms with Crippen LogP contribution in [0, 0.1) is 6.92 Å². The number of esters is 1. The van der Waals surface area contributed by atoms with Gasteiger partial charge >= 0.3 is 5.97 Å². The van der Waals surface area contributed by atoms with Crippen LogP contribution in [0.5, 0.6) is 0 Å². The second-order valence-corrected chi connectivity index (χ2v) is 12.0. The first-order chi connectivity index (χ1) is 20.4. The van der Waals surface area contributed by atoms with Gasteiger partial charge in [0.1, 0.15) is 0 Å². The van der Waals surface area contributed by atoms with Crippen LogP contribution in [0.1, 0.15) is 102 Å². The largest absolute Gasteiger partial charge is 0.469 e. The molecular formula is C36H43N3O4. The molecule has 2 unspecified atom stereocenters. The van der Waals surface area contributed by atoms with Gasteiger partial charge in [-0.1, -0.05) is 13.3 Å². The number of rotatable bonds is 7. The number of fused-ring (bicyclic) bond motifs is 6. The van der Waals surface area contributed by atoms with Crippen molar-refractivity contribution < 1.29 is 19.7 Å². The SMILES string of the molecule is CCCC1=C(C)C2=CC3=NC(=Cc4[nH]c(c(C(C)O)c4C)C=C4CC(=CC1=N2)C(CCC(=O)OC)=C4C)C(C(C)O)=C3C. The van der Waals surface area contributed by atoms with E-state index in [1.54, 1.807) is 13.8 Å². The number of ether oxygens (including phenoxy) is 1. The van der Waals surface area contributed by atoms with E-state index in [2.05, 4.69) is 37.9 Å². The number of carbonyl (C=O) groups is 1. The molecule has 7 heteroatoms. The quantitative estimate of drug-likeness (QED) is 0.293. The highest BCUT2D eigenvalue weighted by Gasteiger charge is 2.29. The van der Waals surface area contributed by atoms with Crippen molar-refractivity contribution in [2.75, 3.05) is 7.11 Å². The van der Waals surface area contributed by atoms with Gasteiger partial charge in [-0.05, 0) is 130 Å². The number of H-pyrrole nitrogens is 1. The smallest absolute Gasteiger partial charge is 0.305 e. The maximum atomic E-state index is 12.2. The standard InChI is InChI=1S/C36H43N3O4/c1-9-10-27-19(3)28-16-29-20(4)36(23(7)41)33(39-29)17-30-21(5)35(22(6)40)32(38-30)14-24-13-25(15-31(27)37-28)26(18(24)2)11-12-34(42)43-8/h14-17,22-23,38,40-41H,9-13H2,1-8H3. The molecule has 1 aromatic heterocycles. The zero-order valence-electron chi connectivity index (χ0n) is 26.6. The lowest BCUT2D eigenvalue weighted by Gasteiger charge is -2.09. The topological polar surface area (TPSA) is 107 Å². The molecule has 0 radical (unpaired) electrons. The van der Waals surface area contributed by atoms with Crippen LogP contribution in [0.4, 0.5) is 0 Å². The molecule has 0 saturated carbocycles. The number of allylic oxidation sites excluding steroid dienone is 9. The molecular weight excluding hydrogens is 538 g/mol. The highest BCUT2D eigenvalue weighted by Crippen LogP contribution is 2.42. The number of aliphatic imine (C=N–C) groups is 2. The van der Waals surface area contributed by atoms with Gasteiger partial charge in [0.15, 0.2) is 0 Å². The number of aliphatic hydroxyl groups excluding tert-OH is 2. The van der Waals surface area contributed by atoms with Crippen LogP contribution in [0.15, 0.2) is 78.1 Å². The van der Waals surface area contributed by atoms with Gasteiger partial charge in [-0.2, -0.15) is 0 Å². The van der Waals surface area contributed by atoms with Crippen LogP contribution in [-0.2, 0) is 9.53 Å². The zero-order chi connectivity index (χ0) is 31.2. The number of hydrogen-bond acceptors (Lipinski definition) is 6. The van der Waals surface area contributed by atoms with E-state index >= 15 is 0 Å². The number of aromatic nitrogens is 1. The highest BCUT2D eigenvalue weighted by atomic mass is 16.5. The van der Waals surface area contributed by atoms with Crippen molar-refractivity contribution in [1.29, 1.82) is 0 Å². The van der Waals surface area contributed by atoms with Gasteiger partial charge in [0, 0.05) is 28.9 Å². The van der Waals surface area contributed by atoms with Crippen molar-refractivity contribution in [3.8, 4) is 0 Å². The second kappa shape index (κ2) is 12.1. The number of nitrogens with zero attached hydrogens (tertiary/aromatic N) is 2. The average molecular weight is 582 g/mol. The Balaban J connectivity index is 1.80. The molecule has 0 spiro atoms. The summed E-state index contributed by atoms with van der Waals surface area (Å²) in [6.45, 7) is 14.0. The number of methoxy groups -OCH3 is 1. The molecule has 3 aliphatic heterocycles. The zero-order valence-corrected chi connectivity index (χ0v) is 26.6. The van der Waals surface area contributed by atoms with E-state index in [1.165, 1.54) is 12.7 Å². The molecule has 4 heterocycles. The van der Waals surface area contributed by atoms with Gasteiger partial charge in [-0.15, -0.1) is 0 Å². The molecule has 0 fully saturated rings. The maximum absolute atomic E-state index is 12.2. The molecule has 1 aliphatic carbocycles. The molecule has 2 atom stereocenters. The van der Waals surface area contributed by atoms with Gasteiger partial charge in [0.25, 0.3) is 0 Å². The van der Waals surface area contributed by atoms with Crippen LogP contribution in [-0.4, -0.2) is 45.8 Å². The first kappa shape index (κ1) is 30.6. The summed E-state index contributed by atoms with van der Waals surface area (Å²) in [7, 11) is 1.43. The Kier molecular flexibility index (Phi) is 8.59. The average Bonchev–Trinajstić information content (AvgIpc) is 3.61. The Hall–Kier alpha value is -3.81.